The molecule has 0 fully saturated rings. The van der Waals surface area contributed by atoms with Crippen molar-refractivity contribution in [1.29, 1.82) is 0 Å². The molecule has 0 aliphatic carbocycles. The number of halogens is 2. The van der Waals surface area contributed by atoms with Crippen LogP contribution in [-0.2, 0) is 13.0 Å². The quantitative estimate of drug-likeness (QED) is 0.417. The van der Waals surface area contributed by atoms with Gasteiger partial charge in [0.05, 0.1) is 5.69 Å². The summed E-state index contributed by atoms with van der Waals surface area (Å²) in [4.78, 5) is 27.2. The molecule has 0 amide bonds. The van der Waals surface area contributed by atoms with E-state index in [0.717, 1.165) is 13.0 Å². The van der Waals surface area contributed by atoms with Gasteiger partial charge < -0.3 is 4.90 Å². The lowest BCUT2D eigenvalue weighted by Gasteiger charge is -2.29. The molecular weight excluding hydrogens is 453 g/mol. The largest absolute Gasteiger partial charge is 0.338 e. The second kappa shape index (κ2) is 7.75. The molecule has 0 radical (unpaired) electrons. The number of aryl methyl sites for hydroxylation is 1. The summed E-state index contributed by atoms with van der Waals surface area (Å²) in [6.07, 6.45) is 0.890. The van der Waals surface area contributed by atoms with Crippen LogP contribution < -0.4 is 10.5 Å². The summed E-state index contributed by atoms with van der Waals surface area (Å²) in [5.41, 5.74) is 3.20. The van der Waals surface area contributed by atoms with E-state index in [2.05, 4.69) is 32.0 Å². The van der Waals surface area contributed by atoms with E-state index in [1.807, 2.05) is 19.1 Å². The first kappa shape index (κ1) is 20.2. The van der Waals surface area contributed by atoms with Crippen molar-refractivity contribution in [2.75, 3.05) is 11.4 Å². The average molecular weight is 470 g/mol. The Morgan fingerprint density at radius 3 is 2.52 bits per heavy atom. The Labute approximate surface area is 193 Å². The SMILES string of the molecule is Cc1nc2nc(N3CCc4ccccc4C3)[nH]c(=O)c2c(=S)n1-c1cc(Cl)cc(Cl)c1. The summed E-state index contributed by atoms with van der Waals surface area (Å²) >= 11 is 18.0. The van der Waals surface area contributed by atoms with Gasteiger partial charge in [-0.2, -0.15) is 4.98 Å². The molecule has 5 rings (SSSR count). The van der Waals surface area contributed by atoms with Gasteiger partial charge in [0, 0.05) is 23.1 Å². The molecule has 0 spiro atoms. The monoisotopic (exact) mass is 469 g/mol. The van der Waals surface area contributed by atoms with Crippen molar-refractivity contribution in [2.24, 2.45) is 0 Å². The molecule has 2 aromatic carbocycles. The third kappa shape index (κ3) is 3.63. The predicted octanol–water partition coefficient (Wildman–Crippen LogP) is 5.02. The van der Waals surface area contributed by atoms with Gasteiger partial charge in [0.2, 0.25) is 5.95 Å². The molecule has 31 heavy (non-hydrogen) atoms. The van der Waals surface area contributed by atoms with Crippen molar-refractivity contribution in [3.05, 3.63) is 84.5 Å². The van der Waals surface area contributed by atoms with E-state index in [1.165, 1.54) is 11.1 Å². The number of nitrogens with one attached hydrogen (secondary N) is 1. The number of H-pyrrole nitrogens is 1. The summed E-state index contributed by atoms with van der Waals surface area (Å²) in [7, 11) is 0. The lowest BCUT2D eigenvalue weighted by atomic mass is 10.0. The van der Waals surface area contributed by atoms with Crippen molar-refractivity contribution in [1.82, 2.24) is 19.5 Å². The van der Waals surface area contributed by atoms with Gasteiger partial charge in [-0.1, -0.05) is 59.7 Å². The number of anilines is 1. The van der Waals surface area contributed by atoms with Crippen LogP contribution >= 0.6 is 35.4 Å². The van der Waals surface area contributed by atoms with Crippen molar-refractivity contribution in [3.63, 3.8) is 0 Å². The first-order chi connectivity index (χ1) is 14.9. The Kier molecular flexibility index (Phi) is 5.04. The number of benzene rings is 2. The highest BCUT2D eigenvalue weighted by Gasteiger charge is 2.20. The third-order valence-corrected chi connectivity index (χ3v) is 6.25. The van der Waals surface area contributed by atoms with Gasteiger partial charge in [0.1, 0.15) is 15.9 Å². The molecule has 0 saturated heterocycles. The molecule has 9 heteroatoms. The zero-order valence-corrected chi connectivity index (χ0v) is 18.9. The first-order valence-electron chi connectivity index (χ1n) is 9.72. The van der Waals surface area contributed by atoms with Crippen LogP contribution in [0.3, 0.4) is 0 Å². The van der Waals surface area contributed by atoms with Crippen LogP contribution in [0.4, 0.5) is 5.95 Å². The molecular formula is C22H17Cl2N5OS. The summed E-state index contributed by atoms with van der Waals surface area (Å²) in [5.74, 6) is 1.08. The Bertz CT molecular complexity index is 1440. The van der Waals surface area contributed by atoms with E-state index in [0.29, 0.717) is 44.3 Å². The molecule has 3 heterocycles. The molecule has 1 aliphatic heterocycles. The smallest absolute Gasteiger partial charge is 0.264 e. The number of hydrogen-bond donors (Lipinski definition) is 1. The fourth-order valence-electron chi connectivity index (χ4n) is 3.98. The van der Waals surface area contributed by atoms with Crippen LogP contribution in [0, 0.1) is 11.6 Å². The van der Waals surface area contributed by atoms with E-state index in [-0.39, 0.29) is 10.9 Å². The lowest BCUT2D eigenvalue weighted by molar-refractivity contribution is 0.707. The van der Waals surface area contributed by atoms with Gasteiger partial charge in [-0.25, -0.2) is 4.98 Å². The molecule has 0 bridgehead atoms. The van der Waals surface area contributed by atoms with Crippen molar-refractivity contribution in [2.45, 2.75) is 19.9 Å². The van der Waals surface area contributed by atoms with Crippen molar-refractivity contribution in [3.8, 4) is 5.69 Å². The highest BCUT2D eigenvalue weighted by Crippen LogP contribution is 2.25. The van der Waals surface area contributed by atoms with E-state index < -0.39 is 0 Å². The standard InChI is InChI=1S/C22H17Cl2N5OS/c1-12-25-19-18(21(31)29(12)17-9-15(23)8-16(24)10-17)20(30)27-22(26-19)28-7-6-13-4-2-3-5-14(13)11-28/h2-5,8-10H,6-7,11H2,1H3,(H,26,27,30). The maximum absolute atomic E-state index is 13.0. The fourth-order valence-corrected chi connectivity index (χ4v) is 4.92. The zero-order valence-electron chi connectivity index (χ0n) is 16.5. The predicted molar refractivity (Wildman–Crippen MR) is 126 cm³/mol. The van der Waals surface area contributed by atoms with Crippen LogP contribution in [0.15, 0.2) is 47.3 Å². The number of hydrogen-bond acceptors (Lipinski definition) is 5. The Balaban J connectivity index is 1.64. The molecule has 0 saturated carbocycles. The Hall–Kier alpha value is -2.74. The molecule has 4 aromatic rings. The number of aromatic amines is 1. The number of rotatable bonds is 2. The minimum atomic E-state index is -0.321. The van der Waals surface area contributed by atoms with Crippen LogP contribution in [-0.4, -0.2) is 26.1 Å². The van der Waals surface area contributed by atoms with Gasteiger partial charge in [-0.3, -0.25) is 14.3 Å². The van der Waals surface area contributed by atoms with Gasteiger partial charge in [0.15, 0.2) is 5.65 Å². The summed E-state index contributed by atoms with van der Waals surface area (Å²) < 4.78 is 1.99. The average Bonchev–Trinajstić information content (AvgIpc) is 2.72. The molecule has 2 aromatic heterocycles. The molecule has 0 unspecified atom stereocenters. The minimum Gasteiger partial charge on any atom is -0.338 e. The van der Waals surface area contributed by atoms with Gasteiger partial charge >= 0.3 is 0 Å². The Morgan fingerprint density at radius 2 is 1.77 bits per heavy atom. The maximum Gasteiger partial charge on any atom is 0.264 e. The normalized spacial score (nSPS) is 13.5. The molecule has 1 N–H and O–H groups in total. The summed E-state index contributed by atoms with van der Waals surface area (Å²) in [5, 5.41) is 1.20. The van der Waals surface area contributed by atoms with E-state index >= 15 is 0 Å². The molecule has 6 nitrogen and oxygen atoms in total. The van der Waals surface area contributed by atoms with E-state index in [9.17, 15) is 4.79 Å². The molecule has 1 aliphatic rings. The third-order valence-electron chi connectivity index (χ3n) is 5.43. The van der Waals surface area contributed by atoms with Crippen LogP contribution in [0.25, 0.3) is 16.7 Å². The van der Waals surface area contributed by atoms with Crippen LogP contribution in [0.2, 0.25) is 10.0 Å². The minimum absolute atomic E-state index is 0.262. The van der Waals surface area contributed by atoms with Gasteiger partial charge in [-0.15, -0.1) is 0 Å². The van der Waals surface area contributed by atoms with Crippen molar-refractivity contribution >= 4 is 52.4 Å². The van der Waals surface area contributed by atoms with Gasteiger partial charge in [-0.05, 0) is 42.7 Å². The summed E-state index contributed by atoms with van der Waals surface area (Å²) in [6, 6.07) is 13.4. The number of nitrogens with zero attached hydrogens (tertiary/aromatic N) is 4. The second-order valence-corrected chi connectivity index (χ2v) is 8.72. The van der Waals surface area contributed by atoms with Crippen molar-refractivity contribution < 1.29 is 0 Å². The second-order valence-electron chi connectivity index (χ2n) is 7.46. The molecule has 0 atom stereocenters. The highest BCUT2D eigenvalue weighted by molar-refractivity contribution is 7.71. The fraction of sp³-hybridized carbons (Fsp3) is 0.182. The zero-order chi connectivity index (χ0) is 21.7. The van der Waals surface area contributed by atoms with Crippen LogP contribution in [0.1, 0.15) is 17.0 Å². The molecule has 156 valence electrons. The number of fused-ring (bicyclic) bond motifs is 2. The van der Waals surface area contributed by atoms with Gasteiger partial charge in [0.25, 0.3) is 5.56 Å². The lowest BCUT2D eigenvalue weighted by Crippen LogP contribution is -2.33. The topological polar surface area (TPSA) is 66.8 Å². The number of aromatic nitrogens is 4. The highest BCUT2D eigenvalue weighted by atomic mass is 35.5. The summed E-state index contributed by atoms with van der Waals surface area (Å²) in [6.45, 7) is 3.25. The maximum atomic E-state index is 13.0. The Morgan fingerprint density at radius 1 is 1.06 bits per heavy atom. The first-order valence-corrected chi connectivity index (χ1v) is 10.9. The van der Waals surface area contributed by atoms with E-state index in [4.69, 9.17) is 35.4 Å². The van der Waals surface area contributed by atoms with Crippen LogP contribution in [0.5, 0.6) is 0 Å². The van der Waals surface area contributed by atoms with E-state index in [1.54, 1.807) is 22.8 Å².